The second-order valence-corrected chi connectivity index (χ2v) is 3.93. The average Bonchev–Trinajstić information content (AvgIpc) is 2.25. The van der Waals surface area contributed by atoms with Gasteiger partial charge in [-0.3, -0.25) is 0 Å². The maximum atomic E-state index is 8.78. The van der Waals surface area contributed by atoms with E-state index >= 15 is 0 Å². The Morgan fingerprint density at radius 1 is 1.64 bits per heavy atom. The monoisotopic (exact) mass is 189 g/mol. The van der Waals surface area contributed by atoms with Crippen molar-refractivity contribution in [3.8, 4) is 6.07 Å². The molecule has 1 rings (SSSR count). The number of hydrogen-bond donors (Lipinski definition) is 0. The SMILES string of the molecule is CCCC/C=C\C1C=C(C#N)CCC1. The van der Waals surface area contributed by atoms with Gasteiger partial charge in [0.2, 0.25) is 0 Å². The van der Waals surface area contributed by atoms with Crippen molar-refractivity contribution in [2.45, 2.75) is 45.4 Å². The molecule has 0 aliphatic heterocycles. The summed E-state index contributed by atoms with van der Waals surface area (Å²) in [6.45, 7) is 2.21. The van der Waals surface area contributed by atoms with Crippen LogP contribution in [0.15, 0.2) is 23.8 Å². The van der Waals surface area contributed by atoms with E-state index in [1.165, 1.54) is 32.1 Å². The highest BCUT2D eigenvalue weighted by atomic mass is 14.3. The standard InChI is InChI=1S/C13H19N/c1-2-3-4-5-7-12-8-6-9-13(10-12)11-14/h5,7,10,12H,2-4,6,8-9H2,1H3/b7-5-. The van der Waals surface area contributed by atoms with Crippen LogP contribution in [0.1, 0.15) is 45.4 Å². The number of nitriles is 1. The van der Waals surface area contributed by atoms with Gasteiger partial charge in [-0.2, -0.15) is 5.26 Å². The lowest BCUT2D eigenvalue weighted by Gasteiger charge is -2.14. The zero-order valence-corrected chi connectivity index (χ0v) is 9.00. The predicted molar refractivity (Wildman–Crippen MR) is 59.7 cm³/mol. The second-order valence-electron chi connectivity index (χ2n) is 3.93. The van der Waals surface area contributed by atoms with Crippen molar-refractivity contribution in [1.82, 2.24) is 0 Å². The fourth-order valence-electron chi connectivity index (χ4n) is 1.79. The molecule has 0 amide bonds. The molecule has 14 heavy (non-hydrogen) atoms. The van der Waals surface area contributed by atoms with Crippen molar-refractivity contribution < 1.29 is 0 Å². The highest BCUT2D eigenvalue weighted by molar-refractivity contribution is 5.25. The molecule has 0 fully saturated rings. The van der Waals surface area contributed by atoms with Crippen LogP contribution in [0.4, 0.5) is 0 Å². The molecule has 0 spiro atoms. The Labute approximate surface area is 87.1 Å². The van der Waals surface area contributed by atoms with Crippen molar-refractivity contribution in [3.63, 3.8) is 0 Å². The molecule has 0 radical (unpaired) electrons. The van der Waals surface area contributed by atoms with E-state index in [2.05, 4.69) is 31.2 Å². The molecule has 76 valence electrons. The van der Waals surface area contributed by atoms with E-state index < -0.39 is 0 Å². The van der Waals surface area contributed by atoms with Crippen LogP contribution in [-0.2, 0) is 0 Å². The quantitative estimate of drug-likeness (QED) is 0.484. The van der Waals surface area contributed by atoms with Gasteiger partial charge >= 0.3 is 0 Å². The Bertz CT molecular complexity index is 255. The molecule has 0 bridgehead atoms. The second kappa shape index (κ2) is 6.43. The Morgan fingerprint density at radius 2 is 2.50 bits per heavy atom. The van der Waals surface area contributed by atoms with E-state index in [1.54, 1.807) is 0 Å². The zero-order chi connectivity index (χ0) is 10.2. The number of hydrogen-bond acceptors (Lipinski definition) is 1. The van der Waals surface area contributed by atoms with Crippen molar-refractivity contribution in [3.05, 3.63) is 23.8 Å². The van der Waals surface area contributed by atoms with Crippen LogP contribution in [0.3, 0.4) is 0 Å². The first-order valence-corrected chi connectivity index (χ1v) is 5.64. The van der Waals surface area contributed by atoms with Crippen molar-refractivity contribution in [2.75, 3.05) is 0 Å². The maximum absolute atomic E-state index is 8.78. The molecule has 1 nitrogen and oxygen atoms in total. The third-order valence-corrected chi connectivity index (χ3v) is 2.65. The largest absolute Gasteiger partial charge is 0.193 e. The van der Waals surface area contributed by atoms with Crippen molar-refractivity contribution in [2.24, 2.45) is 5.92 Å². The molecule has 0 saturated heterocycles. The highest BCUT2D eigenvalue weighted by Crippen LogP contribution is 2.23. The van der Waals surface area contributed by atoms with Crippen LogP contribution in [0.5, 0.6) is 0 Å². The fourth-order valence-corrected chi connectivity index (χ4v) is 1.79. The molecule has 0 aromatic heterocycles. The molecular weight excluding hydrogens is 170 g/mol. The number of nitrogens with zero attached hydrogens (tertiary/aromatic N) is 1. The van der Waals surface area contributed by atoms with Crippen LogP contribution >= 0.6 is 0 Å². The minimum Gasteiger partial charge on any atom is -0.193 e. The Balaban J connectivity index is 2.38. The Kier molecular flexibility index (Phi) is 5.07. The lowest BCUT2D eigenvalue weighted by atomic mass is 9.90. The van der Waals surface area contributed by atoms with E-state index in [0.29, 0.717) is 5.92 Å². The summed E-state index contributed by atoms with van der Waals surface area (Å²) in [6.07, 6.45) is 13.8. The molecular formula is C13H19N. The molecule has 1 aliphatic rings. The minimum absolute atomic E-state index is 0.523. The molecule has 0 aromatic carbocycles. The van der Waals surface area contributed by atoms with Gasteiger partial charge in [-0.05, 0) is 31.6 Å². The summed E-state index contributed by atoms with van der Waals surface area (Å²) in [5.74, 6) is 0.523. The summed E-state index contributed by atoms with van der Waals surface area (Å²) in [7, 11) is 0. The first-order valence-electron chi connectivity index (χ1n) is 5.64. The van der Waals surface area contributed by atoms with E-state index in [4.69, 9.17) is 5.26 Å². The van der Waals surface area contributed by atoms with Crippen molar-refractivity contribution >= 4 is 0 Å². The summed E-state index contributed by atoms with van der Waals surface area (Å²) in [5, 5.41) is 8.78. The number of unbranched alkanes of at least 4 members (excludes halogenated alkanes) is 2. The van der Waals surface area contributed by atoms with Gasteiger partial charge in [0.15, 0.2) is 0 Å². The third kappa shape index (κ3) is 3.79. The average molecular weight is 189 g/mol. The molecule has 0 aromatic rings. The topological polar surface area (TPSA) is 23.8 Å². The molecule has 1 heteroatoms. The number of allylic oxidation sites excluding steroid dienone is 4. The minimum atomic E-state index is 0.523. The van der Waals surface area contributed by atoms with Gasteiger partial charge in [-0.15, -0.1) is 0 Å². The lowest BCUT2D eigenvalue weighted by molar-refractivity contribution is 0.617. The first kappa shape index (κ1) is 11.0. The summed E-state index contributed by atoms with van der Waals surface area (Å²) >= 11 is 0. The van der Waals surface area contributed by atoms with Crippen LogP contribution in [0.25, 0.3) is 0 Å². The predicted octanol–water partition coefficient (Wildman–Crippen LogP) is 3.98. The molecule has 0 heterocycles. The summed E-state index contributed by atoms with van der Waals surface area (Å²) in [5.41, 5.74) is 0.974. The lowest BCUT2D eigenvalue weighted by Crippen LogP contribution is -2.00. The molecule has 1 atom stereocenters. The van der Waals surface area contributed by atoms with E-state index in [1.807, 2.05) is 0 Å². The van der Waals surface area contributed by atoms with Gasteiger partial charge in [0, 0.05) is 5.57 Å². The van der Waals surface area contributed by atoms with Crippen LogP contribution in [0, 0.1) is 17.2 Å². The summed E-state index contributed by atoms with van der Waals surface area (Å²) in [6, 6.07) is 2.26. The van der Waals surface area contributed by atoms with E-state index in [-0.39, 0.29) is 0 Å². The maximum Gasteiger partial charge on any atom is 0.0943 e. The number of rotatable bonds is 4. The zero-order valence-electron chi connectivity index (χ0n) is 9.00. The highest BCUT2D eigenvalue weighted by Gasteiger charge is 2.09. The van der Waals surface area contributed by atoms with E-state index in [0.717, 1.165) is 12.0 Å². The van der Waals surface area contributed by atoms with E-state index in [9.17, 15) is 0 Å². The van der Waals surface area contributed by atoms with Crippen LogP contribution in [0.2, 0.25) is 0 Å². The third-order valence-electron chi connectivity index (χ3n) is 2.65. The molecule has 1 unspecified atom stereocenters. The Morgan fingerprint density at radius 3 is 3.21 bits per heavy atom. The molecule has 0 N–H and O–H groups in total. The van der Waals surface area contributed by atoms with Gasteiger partial charge < -0.3 is 0 Å². The van der Waals surface area contributed by atoms with Crippen LogP contribution < -0.4 is 0 Å². The molecule has 0 saturated carbocycles. The van der Waals surface area contributed by atoms with Gasteiger partial charge in [-0.1, -0.05) is 38.0 Å². The summed E-state index contributed by atoms with van der Waals surface area (Å²) < 4.78 is 0. The smallest absolute Gasteiger partial charge is 0.0943 e. The van der Waals surface area contributed by atoms with Crippen LogP contribution in [-0.4, -0.2) is 0 Å². The van der Waals surface area contributed by atoms with Gasteiger partial charge in [0.1, 0.15) is 0 Å². The van der Waals surface area contributed by atoms with Crippen molar-refractivity contribution in [1.29, 1.82) is 5.26 Å². The van der Waals surface area contributed by atoms with Gasteiger partial charge in [-0.25, -0.2) is 0 Å². The normalized spacial score (nSPS) is 22.0. The summed E-state index contributed by atoms with van der Waals surface area (Å²) in [4.78, 5) is 0. The van der Waals surface area contributed by atoms with Gasteiger partial charge in [0.05, 0.1) is 6.07 Å². The molecule has 1 aliphatic carbocycles. The fraction of sp³-hybridized carbons (Fsp3) is 0.615. The van der Waals surface area contributed by atoms with Gasteiger partial charge in [0.25, 0.3) is 0 Å². The first-order chi connectivity index (χ1) is 6.86. The Hall–Kier alpha value is -1.03.